The van der Waals surface area contributed by atoms with E-state index < -0.39 is 0 Å². The number of rotatable bonds is 2. The van der Waals surface area contributed by atoms with Crippen LogP contribution in [-0.4, -0.2) is 6.67 Å². The molecule has 0 aliphatic heterocycles. The van der Waals surface area contributed by atoms with Crippen LogP contribution in [0.5, 0.6) is 0 Å². The van der Waals surface area contributed by atoms with Crippen LogP contribution in [0.4, 0.5) is 4.39 Å². The maximum Gasteiger partial charge on any atom is 0.108 e. The van der Waals surface area contributed by atoms with Gasteiger partial charge in [-0.2, -0.15) is 0 Å². The van der Waals surface area contributed by atoms with Crippen LogP contribution in [0.15, 0.2) is 42.5 Å². The highest BCUT2D eigenvalue weighted by Gasteiger charge is 2.12. The molecule has 1 aliphatic carbocycles. The first-order chi connectivity index (χ1) is 6.42. The molecular formula is C12H11F. The van der Waals surface area contributed by atoms with Crippen LogP contribution in [0.25, 0.3) is 6.08 Å². The van der Waals surface area contributed by atoms with Gasteiger partial charge < -0.3 is 0 Å². The molecule has 66 valence electrons. The van der Waals surface area contributed by atoms with Gasteiger partial charge in [-0.3, -0.25) is 0 Å². The summed E-state index contributed by atoms with van der Waals surface area (Å²) < 4.78 is 11.9. The maximum absolute atomic E-state index is 11.9. The Morgan fingerprint density at radius 1 is 1.31 bits per heavy atom. The van der Waals surface area contributed by atoms with E-state index in [4.69, 9.17) is 0 Å². The molecule has 1 atom stereocenters. The van der Waals surface area contributed by atoms with Gasteiger partial charge in [-0.05, 0) is 11.1 Å². The van der Waals surface area contributed by atoms with Crippen molar-refractivity contribution in [2.24, 2.45) is 0 Å². The lowest BCUT2D eigenvalue weighted by atomic mass is 10.0. The van der Waals surface area contributed by atoms with Crippen molar-refractivity contribution in [3.63, 3.8) is 0 Å². The van der Waals surface area contributed by atoms with E-state index in [9.17, 15) is 4.39 Å². The minimum atomic E-state index is -0.382. The molecule has 0 aromatic heterocycles. The number of benzene rings is 1. The van der Waals surface area contributed by atoms with Crippen molar-refractivity contribution < 1.29 is 4.39 Å². The molecule has 0 spiro atoms. The summed E-state index contributed by atoms with van der Waals surface area (Å²) in [6.07, 6.45) is 7.65. The molecule has 0 radical (unpaired) electrons. The molecule has 2 rings (SSSR count). The summed E-state index contributed by atoms with van der Waals surface area (Å²) >= 11 is 0. The van der Waals surface area contributed by atoms with Crippen LogP contribution < -0.4 is 0 Å². The second-order valence-electron chi connectivity index (χ2n) is 3.10. The van der Waals surface area contributed by atoms with E-state index in [2.05, 4.69) is 24.3 Å². The van der Waals surface area contributed by atoms with Gasteiger partial charge in [0.2, 0.25) is 0 Å². The van der Waals surface area contributed by atoms with Gasteiger partial charge in [-0.1, -0.05) is 48.6 Å². The Bertz CT molecular complexity index is 350. The van der Waals surface area contributed by atoms with Crippen LogP contribution in [0.1, 0.15) is 17.0 Å². The molecular weight excluding hydrogens is 163 g/mol. The average Bonchev–Trinajstić information content (AvgIpc) is 2.58. The third-order valence-electron chi connectivity index (χ3n) is 2.27. The molecule has 0 N–H and O–H groups in total. The highest BCUT2D eigenvalue weighted by atomic mass is 19.1. The lowest BCUT2D eigenvalue weighted by Crippen LogP contribution is -1.87. The first-order valence-electron chi connectivity index (χ1n) is 4.41. The second-order valence-corrected chi connectivity index (χ2v) is 3.10. The van der Waals surface area contributed by atoms with Gasteiger partial charge in [-0.15, -0.1) is 0 Å². The van der Waals surface area contributed by atoms with Gasteiger partial charge in [0.25, 0.3) is 0 Å². The lowest BCUT2D eigenvalue weighted by molar-refractivity contribution is 0.560. The van der Waals surface area contributed by atoms with E-state index in [1.54, 1.807) is 6.08 Å². The van der Waals surface area contributed by atoms with Crippen molar-refractivity contribution in [1.82, 2.24) is 0 Å². The highest BCUT2D eigenvalue weighted by Crippen LogP contribution is 2.30. The zero-order valence-corrected chi connectivity index (χ0v) is 7.28. The Hall–Kier alpha value is -1.37. The number of hydrogen-bond acceptors (Lipinski definition) is 0. The van der Waals surface area contributed by atoms with E-state index >= 15 is 0 Å². The second kappa shape index (κ2) is 3.56. The molecule has 1 aromatic rings. The Morgan fingerprint density at radius 3 is 3.00 bits per heavy atom. The van der Waals surface area contributed by atoms with E-state index in [1.165, 1.54) is 11.1 Å². The SMILES string of the molecule is FC/C=C/C1C=Cc2ccccc21. The van der Waals surface area contributed by atoms with E-state index in [-0.39, 0.29) is 12.6 Å². The van der Waals surface area contributed by atoms with Gasteiger partial charge in [0.1, 0.15) is 6.67 Å². The van der Waals surface area contributed by atoms with Crippen LogP contribution in [0.3, 0.4) is 0 Å². The molecule has 0 saturated carbocycles. The topological polar surface area (TPSA) is 0 Å². The Balaban J connectivity index is 2.28. The van der Waals surface area contributed by atoms with Gasteiger partial charge >= 0.3 is 0 Å². The molecule has 1 aliphatic rings. The van der Waals surface area contributed by atoms with Crippen LogP contribution >= 0.6 is 0 Å². The molecule has 0 nitrogen and oxygen atoms in total. The molecule has 0 amide bonds. The van der Waals surface area contributed by atoms with Crippen molar-refractivity contribution in [2.75, 3.05) is 6.67 Å². The fourth-order valence-electron chi connectivity index (χ4n) is 1.64. The first kappa shape index (κ1) is 8.24. The minimum Gasteiger partial charge on any atom is -0.247 e. The van der Waals surface area contributed by atoms with E-state index in [1.807, 2.05) is 18.2 Å². The largest absolute Gasteiger partial charge is 0.247 e. The predicted octanol–water partition coefficient (Wildman–Crippen LogP) is 3.32. The number of allylic oxidation sites excluding steroid dienone is 3. The zero-order valence-electron chi connectivity index (χ0n) is 7.28. The summed E-state index contributed by atoms with van der Waals surface area (Å²) in [4.78, 5) is 0. The molecule has 0 fully saturated rings. The number of alkyl halides is 1. The Morgan fingerprint density at radius 2 is 2.15 bits per heavy atom. The molecule has 1 aromatic carbocycles. The van der Waals surface area contributed by atoms with E-state index in [0.717, 1.165) is 0 Å². The maximum atomic E-state index is 11.9. The van der Waals surface area contributed by atoms with Gasteiger partial charge in [0, 0.05) is 5.92 Å². The Labute approximate surface area is 77.4 Å². The standard InChI is InChI=1S/C12H11F/c13-9-3-5-11-8-7-10-4-1-2-6-12(10)11/h1-8,11H,9H2/b5-3+. The summed E-state index contributed by atoms with van der Waals surface area (Å²) in [6, 6.07) is 8.20. The summed E-state index contributed by atoms with van der Waals surface area (Å²) in [6.45, 7) is -0.382. The minimum absolute atomic E-state index is 0.270. The first-order valence-corrected chi connectivity index (χ1v) is 4.41. The van der Waals surface area contributed by atoms with Crippen molar-refractivity contribution in [3.8, 4) is 0 Å². The Kier molecular flexibility index (Phi) is 2.26. The monoisotopic (exact) mass is 174 g/mol. The molecule has 1 heteroatoms. The summed E-state index contributed by atoms with van der Waals surface area (Å²) in [5, 5.41) is 0. The third-order valence-corrected chi connectivity index (χ3v) is 2.27. The van der Waals surface area contributed by atoms with Gasteiger partial charge in [0.05, 0.1) is 0 Å². The van der Waals surface area contributed by atoms with Crippen LogP contribution in [0, 0.1) is 0 Å². The normalized spacial score (nSPS) is 19.6. The molecule has 0 saturated heterocycles. The van der Waals surface area contributed by atoms with Gasteiger partial charge in [0.15, 0.2) is 0 Å². The van der Waals surface area contributed by atoms with Gasteiger partial charge in [-0.25, -0.2) is 4.39 Å². The van der Waals surface area contributed by atoms with Crippen molar-refractivity contribution in [3.05, 3.63) is 53.6 Å². The zero-order chi connectivity index (χ0) is 9.10. The van der Waals surface area contributed by atoms with Crippen LogP contribution in [-0.2, 0) is 0 Å². The number of fused-ring (bicyclic) bond motifs is 1. The predicted molar refractivity (Wildman–Crippen MR) is 53.3 cm³/mol. The molecule has 0 heterocycles. The molecule has 13 heavy (non-hydrogen) atoms. The fourth-order valence-corrected chi connectivity index (χ4v) is 1.64. The summed E-state index contributed by atoms with van der Waals surface area (Å²) in [5.41, 5.74) is 2.52. The quantitative estimate of drug-likeness (QED) is 0.603. The summed E-state index contributed by atoms with van der Waals surface area (Å²) in [5.74, 6) is 0.270. The fraction of sp³-hybridized carbons (Fsp3) is 0.167. The third kappa shape index (κ3) is 1.55. The van der Waals surface area contributed by atoms with E-state index in [0.29, 0.717) is 0 Å². The van der Waals surface area contributed by atoms with Crippen molar-refractivity contribution >= 4 is 6.08 Å². The number of hydrogen-bond donors (Lipinski definition) is 0. The molecule has 1 unspecified atom stereocenters. The van der Waals surface area contributed by atoms with Crippen molar-refractivity contribution in [1.29, 1.82) is 0 Å². The van der Waals surface area contributed by atoms with Crippen molar-refractivity contribution in [2.45, 2.75) is 5.92 Å². The smallest absolute Gasteiger partial charge is 0.108 e. The molecule has 0 bridgehead atoms. The number of halogens is 1. The lowest BCUT2D eigenvalue weighted by Gasteiger charge is -2.04. The van der Waals surface area contributed by atoms with Crippen LogP contribution in [0.2, 0.25) is 0 Å². The average molecular weight is 174 g/mol. The highest BCUT2D eigenvalue weighted by molar-refractivity contribution is 5.63. The summed E-state index contributed by atoms with van der Waals surface area (Å²) in [7, 11) is 0.